The highest BCUT2D eigenvalue weighted by atomic mass is 127. The number of carbonyl (C=O) groups is 2. The number of imide groups is 1. The van der Waals surface area contributed by atoms with E-state index < -0.39 is 0 Å². The number of halogens is 1. The molecule has 6 heteroatoms. The lowest BCUT2D eigenvalue weighted by Crippen LogP contribution is -2.28. The van der Waals surface area contributed by atoms with Gasteiger partial charge in [-0.1, -0.05) is 41.8 Å². The largest absolute Gasteiger partial charge is 0.488 e. The number of hydrogen-bond acceptors (Lipinski definition) is 4. The quantitative estimate of drug-likeness (QED) is 0.343. The molecule has 27 heavy (non-hydrogen) atoms. The van der Waals surface area contributed by atoms with Gasteiger partial charge in [0.25, 0.3) is 11.1 Å². The van der Waals surface area contributed by atoms with Crippen molar-refractivity contribution >= 4 is 51.6 Å². The zero-order chi connectivity index (χ0) is 19.4. The number of thioether (sulfide) groups is 1. The summed E-state index contributed by atoms with van der Waals surface area (Å²) in [6, 6.07) is 13.8. The van der Waals surface area contributed by atoms with Gasteiger partial charge in [0.2, 0.25) is 0 Å². The molecule has 2 aromatic carbocycles. The average molecular weight is 489 g/mol. The minimum atomic E-state index is -0.349. The average Bonchev–Trinajstić information content (AvgIpc) is 2.90. The van der Waals surface area contributed by atoms with Crippen molar-refractivity contribution in [3.8, 4) is 18.1 Å². The maximum absolute atomic E-state index is 12.2. The maximum Gasteiger partial charge on any atom is 0.294 e. The van der Waals surface area contributed by atoms with Crippen LogP contribution in [0.15, 0.2) is 47.4 Å². The van der Waals surface area contributed by atoms with Crippen molar-refractivity contribution in [1.82, 2.24) is 4.90 Å². The number of carbonyl (C=O) groups excluding carboxylic acids is 2. The Morgan fingerprint density at radius 1 is 1.22 bits per heavy atom. The molecule has 0 atom stereocenters. The predicted molar refractivity (Wildman–Crippen MR) is 116 cm³/mol. The zero-order valence-corrected chi connectivity index (χ0v) is 17.5. The van der Waals surface area contributed by atoms with E-state index in [0.29, 0.717) is 11.5 Å². The lowest BCUT2D eigenvalue weighted by molar-refractivity contribution is -0.122. The minimum Gasteiger partial charge on any atom is -0.488 e. The number of rotatable bonds is 5. The summed E-state index contributed by atoms with van der Waals surface area (Å²) in [7, 11) is 0. The molecule has 3 rings (SSSR count). The van der Waals surface area contributed by atoms with Gasteiger partial charge in [0.1, 0.15) is 12.4 Å². The van der Waals surface area contributed by atoms with Crippen molar-refractivity contribution in [2.45, 2.75) is 13.5 Å². The lowest BCUT2D eigenvalue weighted by atomic mass is 10.1. The number of terminal acetylenes is 1. The molecule has 1 saturated heterocycles. The smallest absolute Gasteiger partial charge is 0.294 e. The molecular weight excluding hydrogens is 473 g/mol. The highest BCUT2D eigenvalue weighted by Crippen LogP contribution is 2.33. The Kier molecular flexibility index (Phi) is 6.24. The van der Waals surface area contributed by atoms with Crippen LogP contribution in [0, 0.1) is 22.8 Å². The van der Waals surface area contributed by atoms with Crippen molar-refractivity contribution in [2.75, 3.05) is 6.54 Å². The molecular formula is C21H16INO3S. The number of benzene rings is 2. The first-order valence-corrected chi connectivity index (χ1v) is 10.0. The summed E-state index contributed by atoms with van der Waals surface area (Å²) in [5.41, 5.74) is 3.14. The molecule has 1 aliphatic heterocycles. The zero-order valence-electron chi connectivity index (χ0n) is 14.6. The number of ether oxygens (including phenoxy) is 1. The first-order chi connectivity index (χ1) is 13.0. The van der Waals surface area contributed by atoms with Crippen LogP contribution in [-0.2, 0) is 11.4 Å². The molecule has 0 unspecified atom stereocenters. The van der Waals surface area contributed by atoms with E-state index in [0.717, 1.165) is 37.1 Å². The van der Waals surface area contributed by atoms with E-state index in [1.807, 2.05) is 37.3 Å². The molecule has 136 valence electrons. The van der Waals surface area contributed by atoms with Gasteiger partial charge in [0.05, 0.1) is 15.0 Å². The molecule has 0 saturated carbocycles. The number of aryl methyl sites for hydroxylation is 1. The highest BCUT2D eigenvalue weighted by molar-refractivity contribution is 14.1. The molecule has 1 aliphatic rings. The Bertz CT molecular complexity index is 960. The molecule has 2 amide bonds. The van der Waals surface area contributed by atoms with Gasteiger partial charge in [0.15, 0.2) is 0 Å². The van der Waals surface area contributed by atoms with E-state index in [2.05, 4.69) is 40.6 Å². The van der Waals surface area contributed by atoms with Crippen LogP contribution in [0.25, 0.3) is 6.08 Å². The predicted octanol–water partition coefficient (Wildman–Crippen LogP) is 4.85. The van der Waals surface area contributed by atoms with Crippen molar-refractivity contribution in [3.63, 3.8) is 0 Å². The fourth-order valence-electron chi connectivity index (χ4n) is 2.45. The monoisotopic (exact) mass is 489 g/mol. The Hall–Kier alpha value is -2.24. The summed E-state index contributed by atoms with van der Waals surface area (Å²) >= 11 is 3.10. The first kappa shape index (κ1) is 19.5. The van der Waals surface area contributed by atoms with Gasteiger partial charge in [0, 0.05) is 0 Å². The van der Waals surface area contributed by atoms with E-state index >= 15 is 0 Å². The highest BCUT2D eigenvalue weighted by Gasteiger charge is 2.34. The van der Waals surface area contributed by atoms with E-state index in [-0.39, 0.29) is 17.7 Å². The Labute approximate surface area is 176 Å². The molecule has 0 spiro atoms. The SMILES string of the molecule is C#CCN1C(=O)S/C(=C/c2ccc(OCc3ccc(C)cc3)c(I)c2)C1=O. The molecule has 1 fully saturated rings. The van der Waals surface area contributed by atoms with Crippen LogP contribution in [-0.4, -0.2) is 22.6 Å². The van der Waals surface area contributed by atoms with Crippen molar-refractivity contribution < 1.29 is 14.3 Å². The summed E-state index contributed by atoms with van der Waals surface area (Å²) in [5, 5.41) is -0.336. The van der Waals surface area contributed by atoms with Gasteiger partial charge in [-0.05, 0) is 70.6 Å². The molecule has 1 heterocycles. The summed E-state index contributed by atoms with van der Waals surface area (Å²) in [6.07, 6.45) is 6.91. The molecule has 2 aromatic rings. The van der Waals surface area contributed by atoms with E-state index in [9.17, 15) is 9.59 Å². The number of hydrogen-bond donors (Lipinski definition) is 0. The summed E-state index contributed by atoms with van der Waals surface area (Å²) in [6.45, 7) is 2.53. The second kappa shape index (κ2) is 8.63. The standard InChI is InChI=1S/C21H16INO3S/c1-3-10-23-20(24)19(27-21(23)25)12-16-8-9-18(17(22)11-16)26-13-15-6-4-14(2)5-7-15/h1,4-9,11-12H,10,13H2,2H3/b19-12+. The number of nitrogens with zero attached hydrogens (tertiary/aromatic N) is 1. The third kappa shape index (κ3) is 4.73. The second-order valence-electron chi connectivity index (χ2n) is 5.94. The van der Waals surface area contributed by atoms with Crippen LogP contribution in [0.5, 0.6) is 5.75 Å². The van der Waals surface area contributed by atoms with E-state index in [1.54, 1.807) is 6.08 Å². The third-order valence-corrected chi connectivity index (χ3v) is 5.64. The van der Waals surface area contributed by atoms with Gasteiger partial charge in [-0.2, -0.15) is 0 Å². The molecule has 4 nitrogen and oxygen atoms in total. The van der Waals surface area contributed by atoms with Gasteiger partial charge < -0.3 is 4.74 Å². The van der Waals surface area contributed by atoms with Gasteiger partial charge in [-0.3, -0.25) is 14.5 Å². The summed E-state index contributed by atoms with van der Waals surface area (Å²) < 4.78 is 6.82. The van der Waals surface area contributed by atoms with Crippen LogP contribution in [0.2, 0.25) is 0 Å². The molecule has 0 aliphatic carbocycles. The van der Waals surface area contributed by atoms with Crippen LogP contribution in [0.3, 0.4) is 0 Å². The third-order valence-electron chi connectivity index (χ3n) is 3.89. The lowest BCUT2D eigenvalue weighted by Gasteiger charge is -2.09. The van der Waals surface area contributed by atoms with Crippen molar-refractivity contribution in [3.05, 3.63) is 67.6 Å². The van der Waals surface area contributed by atoms with Gasteiger partial charge >= 0.3 is 0 Å². The second-order valence-corrected chi connectivity index (χ2v) is 8.09. The van der Waals surface area contributed by atoms with Gasteiger partial charge in [-0.25, -0.2) is 0 Å². The molecule has 0 radical (unpaired) electrons. The first-order valence-electron chi connectivity index (χ1n) is 8.14. The summed E-state index contributed by atoms with van der Waals surface area (Å²) in [4.78, 5) is 25.5. The van der Waals surface area contributed by atoms with E-state index in [1.165, 1.54) is 5.56 Å². The maximum atomic E-state index is 12.2. The van der Waals surface area contributed by atoms with Crippen LogP contribution >= 0.6 is 34.4 Å². The van der Waals surface area contributed by atoms with Crippen LogP contribution < -0.4 is 4.74 Å². The minimum absolute atomic E-state index is 0.00860. The topological polar surface area (TPSA) is 46.6 Å². The Balaban J connectivity index is 1.71. The summed E-state index contributed by atoms with van der Waals surface area (Å²) in [5.74, 6) is 2.75. The Morgan fingerprint density at radius 2 is 1.96 bits per heavy atom. The van der Waals surface area contributed by atoms with Gasteiger partial charge in [-0.15, -0.1) is 6.42 Å². The van der Waals surface area contributed by atoms with E-state index in [4.69, 9.17) is 11.2 Å². The number of amides is 2. The van der Waals surface area contributed by atoms with Crippen molar-refractivity contribution in [2.24, 2.45) is 0 Å². The fraction of sp³-hybridized carbons (Fsp3) is 0.143. The van der Waals surface area contributed by atoms with Crippen molar-refractivity contribution in [1.29, 1.82) is 0 Å². The fourth-order valence-corrected chi connectivity index (χ4v) is 3.98. The Morgan fingerprint density at radius 3 is 2.63 bits per heavy atom. The molecule has 0 aromatic heterocycles. The molecule has 0 N–H and O–H groups in total. The van der Waals surface area contributed by atoms with Crippen LogP contribution in [0.4, 0.5) is 4.79 Å². The molecule has 0 bridgehead atoms. The normalized spacial score (nSPS) is 15.3. The van der Waals surface area contributed by atoms with Crippen LogP contribution in [0.1, 0.15) is 16.7 Å².